The van der Waals surface area contributed by atoms with Gasteiger partial charge in [-0.3, -0.25) is 9.69 Å². The summed E-state index contributed by atoms with van der Waals surface area (Å²) in [4.78, 5) is 13.2. The predicted molar refractivity (Wildman–Crippen MR) is 135 cm³/mol. The Kier molecular flexibility index (Phi) is 10.7. The van der Waals surface area contributed by atoms with Crippen LogP contribution < -0.4 is 23.7 Å². The topological polar surface area (TPSA) is 95.9 Å². The number of ether oxygens (including phenoxy) is 6. The number of methoxy groups -OCH3 is 3. The van der Waals surface area contributed by atoms with Gasteiger partial charge in [-0.25, -0.2) is 0 Å². The lowest BCUT2D eigenvalue weighted by Crippen LogP contribution is -2.39. The molecule has 9 heteroatoms. The SMILES string of the molecule is CCOc1cc(C=O)ccc1OCC(O)CN(Cc1cc(OC)c(OC)c(OC)c1)CC1CCCO1. The van der Waals surface area contributed by atoms with Crippen LogP contribution in [0, 0.1) is 0 Å². The molecular formula is C27H37NO8. The normalized spacial score (nSPS) is 16.0. The highest BCUT2D eigenvalue weighted by atomic mass is 16.5. The lowest BCUT2D eigenvalue weighted by Gasteiger charge is -2.28. The highest BCUT2D eigenvalue weighted by Gasteiger charge is 2.23. The van der Waals surface area contributed by atoms with Crippen molar-refractivity contribution in [3.05, 3.63) is 41.5 Å². The van der Waals surface area contributed by atoms with Crippen LogP contribution in [0.15, 0.2) is 30.3 Å². The lowest BCUT2D eigenvalue weighted by molar-refractivity contribution is 0.0309. The monoisotopic (exact) mass is 503 g/mol. The molecule has 36 heavy (non-hydrogen) atoms. The highest BCUT2D eigenvalue weighted by molar-refractivity contribution is 5.76. The van der Waals surface area contributed by atoms with Gasteiger partial charge >= 0.3 is 0 Å². The van der Waals surface area contributed by atoms with Crippen LogP contribution in [0.25, 0.3) is 0 Å². The first-order chi connectivity index (χ1) is 17.5. The van der Waals surface area contributed by atoms with Crippen molar-refractivity contribution in [3.8, 4) is 28.7 Å². The molecule has 3 rings (SSSR count). The number of hydrogen-bond donors (Lipinski definition) is 1. The summed E-state index contributed by atoms with van der Waals surface area (Å²) >= 11 is 0. The Hall–Kier alpha value is -3.01. The van der Waals surface area contributed by atoms with Gasteiger partial charge in [0.05, 0.1) is 34.0 Å². The third-order valence-corrected chi connectivity index (χ3v) is 5.92. The largest absolute Gasteiger partial charge is 0.493 e. The van der Waals surface area contributed by atoms with Gasteiger partial charge in [-0.2, -0.15) is 0 Å². The standard InChI is InChI=1S/C27H37NO8/c1-5-34-24-11-19(17-29)8-9-23(24)36-18-21(30)15-28(16-22-7-6-10-35-22)14-20-12-25(31-2)27(33-4)26(13-20)32-3/h8-9,11-13,17,21-22,30H,5-7,10,14-16,18H2,1-4H3. The van der Waals surface area contributed by atoms with Crippen LogP contribution >= 0.6 is 0 Å². The Labute approximate surface area is 212 Å². The maximum Gasteiger partial charge on any atom is 0.203 e. The van der Waals surface area contributed by atoms with E-state index >= 15 is 0 Å². The van der Waals surface area contributed by atoms with Crippen LogP contribution in [0.4, 0.5) is 0 Å². The van der Waals surface area contributed by atoms with Crippen LogP contribution in [0.5, 0.6) is 28.7 Å². The number of hydrogen-bond acceptors (Lipinski definition) is 9. The third-order valence-electron chi connectivity index (χ3n) is 5.92. The summed E-state index contributed by atoms with van der Waals surface area (Å²) < 4.78 is 33.8. The molecule has 0 radical (unpaired) electrons. The molecule has 2 aromatic rings. The molecule has 1 N–H and O–H groups in total. The average Bonchev–Trinajstić information content (AvgIpc) is 3.40. The molecule has 9 nitrogen and oxygen atoms in total. The van der Waals surface area contributed by atoms with E-state index in [0.717, 1.165) is 31.3 Å². The Morgan fingerprint density at radius 2 is 1.81 bits per heavy atom. The molecule has 0 aliphatic carbocycles. The number of aliphatic hydroxyl groups excluding tert-OH is 1. The molecule has 2 aromatic carbocycles. The molecule has 1 aliphatic heterocycles. The van der Waals surface area contributed by atoms with Gasteiger partial charge in [-0.15, -0.1) is 0 Å². The van der Waals surface area contributed by atoms with E-state index in [9.17, 15) is 9.90 Å². The van der Waals surface area contributed by atoms with Crippen molar-refractivity contribution >= 4 is 6.29 Å². The molecule has 1 fully saturated rings. The average molecular weight is 504 g/mol. The highest BCUT2D eigenvalue weighted by Crippen LogP contribution is 2.38. The van der Waals surface area contributed by atoms with Gasteiger partial charge in [-0.1, -0.05) is 0 Å². The molecule has 0 spiro atoms. The summed E-state index contributed by atoms with van der Waals surface area (Å²) in [5, 5.41) is 10.9. The van der Waals surface area contributed by atoms with E-state index in [-0.39, 0.29) is 12.7 Å². The number of nitrogens with zero attached hydrogens (tertiary/aromatic N) is 1. The van der Waals surface area contributed by atoms with Crippen LogP contribution in [0.2, 0.25) is 0 Å². The predicted octanol–water partition coefficient (Wildman–Crippen LogP) is 3.34. The number of benzene rings is 2. The van der Waals surface area contributed by atoms with Crippen molar-refractivity contribution in [2.45, 2.75) is 38.5 Å². The van der Waals surface area contributed by atoms with Gasteiger partial charge in [0.15, 0.2) is 23.0 Å². The van der Waals surface area contributed by atoms with E-state index in [1.165, 1.54) is 0 Å². The minimum Gasteiger partial charge on any atom is -0.493 e. The maximum absolute atomic E-state index is 11.1. The second-order valence-electron chi connectivity index (χ2n) is 8.58. The van der Waals surface area contributed by atoms with E-state index in [1.54, 1.807) is 39.5 Å². The second-order valence-corrected chi connectivity index (χ2v) is 8.58. The zero-order chi connectivity index (χ0) is 25.9. The fourth-order valence-corrected chi connectivity index (χ4v) is 4.29. The van der Waals surface area contributed by atoms with Crippen molar-refractivity contribution in [3.63, 3.8) is 0 Å². The number of carbonyl (C=O) groups excluding carboxylic acids is 1. The van der Waals surface area contributed by atoms with E-state index in [1.807, 2.05) is 19.1 Å². The van der Waals surface area contributed by atoms with Gasteiger partial charge in [0.25, 0.3) is 0 Å². The summed E-state index contributed by atoms with van der Waals surface area (Å²) in [6.45, 7) is 4.71. The maximum atomic E-state index is 11.1. The zero-order valence-corrected chi connectivity index (χ0v) is 21.5. The smallest absolute Gasteiger partial charge is 0.203 e. The first kappa shape index (κ1) is 27.6. The summed E-state index contributed by atoms with van der Waals surface area (Å²) in [6.07, 6.45) is 2.12. The molecule has 0 saturated carbocycles. The van der Waals surface area contributed by atoms with Crippen molar-refractivity contribution in [1.82, 2.24) is 4.90 Å². The van der Waals surface area contributed by atoms with Gasteiger partial charge < -0.3 is 33.5 Å². The van der Waals surface area contributed by atoms with Crippen molar-refractivity contribution in [2.75, 3.05) is 54.2 Å². The number of rotatable bonds is 15. The molecule has 1 heterocycles. The van der Waals surface area contributed by atoms with E-state index in [0.29, 0.717) is 60.6 Å². The molecule has 1 saturated heterocycles. The van der Waals surface area contributed by atoms with Crippen LogP contribution in [0.3, 0.4) is 0 Å². The van der Waals surface area contributed by atoms with Crippen molar-refractivity contribution in [2.24, 2.45) is 0 Å². The molecule has 2 unspecified atom stereocenters. The van der Waals surface area contributed by atoms with Gasteiger partial charge in [0.1, 0.15) is 19.0 Å². The van der Waals surface area contributed by atoms with Crippen LogP contribution in [0.1, 0.15) is 35.7 Å². The Morgan fingerprint density at radius 1 is 1.06 bits per heavy atom. The fraction of sp³-hybridized carbons (Fsp3) is 0.519. The molecule has 198 valence electrons. The minimum absolute atomic E-state index is 0.0673. The summed E-state index contributed by atoms with van der Waals surface area (Å²) in [5.74, 6) is 2.65. The van der Waals surface area contributed by atoms with Gasteiger partial charge in [0, 0.05) is 31.8 Å². The quantitative estimate of drug-likeness (QED) is 0.367. The van der Waals surface area contributed by atoms with Crippen LogP contribution in [-0.4, -0.2) is 82.7 Å². The molecule has 0 aromatic heterocycles. The van der Waals surface area contributed by atoms with Crippen molar-refractivity contribution in [1.29, 1.82) is 0 Å². The zero-order valence-electron chi connectivity index (χ0n) is 21.5. The Bertz CT molecular complexity index is 951. The van der Waals surface area contributed by atoms with Crippen molar-refractivity contribution < 1.29 is 38.3 Å². The van der Waals surface area contributed by atoms with Crippen LogP contribution in [-0.2, 0) is 11.3 Å². The number of carbonyl (C=O) groups is 1. The Balaban J connectivity index is 1.71. The molecule has 1 aliphatic rings. The first-order valence-electron chi connectivity index (χ1n) is 12.2. The third kappa shape index (κ3) is 7.49. The summed E-state index contributed by atoms with van der Waals surface area (Å²) in [7, 11) is 4.75. The molecule has 2 atom stereocenters. The lowest BCUT2D eigenvalue weighted by atomic mass is 10.1. The van der Waals surface area contributed by atoms with Gasteiger partial charge in [-0.05, 0) is 55.7 Å². The summed E-state index contributed by atoms with van der Waals surface area (Å²) in [5.41, 5.74) is 1.46. The molecule has 0 bridgehead atoms. The van der Waals surface area contributed by atoms with Gasteiger partial charge in [0.2, 0.25) is 5.75 Å². The molecular weight excluding hydrogens is 466 g/mol. The molecule has 0 amide bonds. The number of aliphatic hydroxyl groups is 1. The van der Waals surface area contributed by atoms with E-state index in [2.05, 4.69) is 4.90 Å². The second kappa shape index (κ2) is 13.9. The minimum atomic E-state index is -0.770. The Morgan fingerprint density at radius 3 is 2.39 bits per heavy atom. The number of aldehydes is 1. The van der Waals surface area contributed by atoms with E-state index in [4.69, 9.17) is 28.4 Å². The van der Waals surface area contributed by atoms with E-state index < -0.39 is 6.10 Å². The summed E-state index contributed by atoms with van der Waals surface area (Å²) in [6, 6.07) is 8.80. The first-order valence-corrected chi connectivity index (χ1v) is 12.2. The fourth-order valence-electron chi connectivity index (χ4n) is 4.29.